The third-order valence-corrected chi connectivity index (χ3v) is 3.38. The highest BCUT2D eigenvalue weighted by molar-refractivity contribution is 6.02. The number of methoxy groups -OCH3 is 1. The van der Waals surface area contributed by atoms with E-state index in [4.69, 9.17) is 10.2 Å². The summed E-state index contributed by atoms with van der Waals surface area (Å²) in [6.45, 7) is 0.0215. The summed E-state index contributed by atoms with van der Waals surface area (Å²) in [4.78, 5) is 46.8. The minimum Gasteiger partial charge on any atom is -0.478 e. The molecule has 1 fully saturated rings. The van der Waals surface area contributed by atoms with Gasteiger partial charge in [0.05, 0.1) is 24.2 Å². The largest absolute Gasteiger partial charge is 0.478 e. The Bertz CT molecular complexity index is 635. The van der Waals surface area contributed by atoms with E-state index in [1.54, 1.807) is 0 Å². The maximum atomic E-state index is 12.0. The van der Waals surface area contributed by atoms with Crippen LogP contribution in [0.2, 0.25) is 0 Å². The summed E-state index contributed by atoms with van der Waals surface area (Å²) in [6.07, 6.45) is -0.0631. The molecule has 1 amide bonds. The van der Waals surface area contributed by atoms with Gasteiger partial charge in [-0.1, -0.05) is 0 Å². The topological polar surface area (TPSA) is 121 Å². The van der Waals surface area contributed by atoms with Crippen molar-refractivity contribution in [1.82, 2.24) is 0 Å². The number of ether oxygens (including phenoxy) is 1. The number of hydrogen-bond donors (Lipinski definition) is 2. The fraction of sp³-hybridized carbons (Fsp3) is 0.286. The Kier molecular flexibility index (Phi) is 4.11. The molecule has 2 N–H and O–H groups in total. The first kappa shape index (κ1) is 15.5. The molecule has 22 heavy (non-hydrogen) atoms. The van der Waals surface area contributed by atoms with Crippen LogP contribution in [-0.2, 0) is 14.3 Å². The number of rotatable bonds is 4. The van der Waals surface area contributed by atoms with Crippen molar-refractivity contribution in [2.24, 2.45) is 5.92 Å². The van der Waals surface area contributed by atoms with E-state index < -0.39 is 29.7 Å². The maximum absolute atomic E-state index is 12.0. The van der Waals surface area contributed by atoms with Crippen molar-refractivity contribution in [3.63, 3.8) is 0 Å². The molecule has 1 saturated heterocycles. The molecule has 8 nitrogen and oxygen atoms in total. The van der Waals surface area contributed by atoms with E-state index in [-0.39, 0.29) is 29.8 Å². The van der Waals surface area contributed by atoms with Gasteiger partial charge in [-0.2, -0.15) is 0 Å². The molecule has 2 rings (SSSR count). The Labute approximate surface area is 124 Å². The Morgan fingerprint density at radius 3 is 2.14 bits per heavy atom. The predicted molar refractivity (Wildman–Crippen MR) is 72.8 cm³/mol. The molecule has 0 aliphatic carbocycles. The lowest BCUT2D eigenvalue weighted by Gasteiger charge is -2.17. The highest BCUT2D eigenvalue weighted by Crippen LogP contribution is 2.28. The van der Waals surface area contributed by atoms with Crippen LogP contribution in [0.5, 0.6) is 0 Å². The first-order valence-electron chi connectivity index (χ1n) is 6.33. The second kappa shape index (κ2) is 5.84. The van der Waals surface area contributed by atoms with Crippen molar-refractivity contribution in [3.8, 4) is 0 Å². The lowest BCUT2D eigenvalue weighted by molar-refractivity contribution is -0.145. The molecule has 0 bridgehead atoms. The van der Waals surface area contributed by atoms with E-state index in [9.17, 15) is 19.2 Å². The van der Waals surface area contributed by atoms with Crippen LogP contribution in [0.3, 0.4) is 0 Å². The number of carbonyl (C=O) groups is 4. The van der Waals surface area contributed by atoms with Gasteiger partial charge in [0.15, 0.2) is 0 Å². The summed E-state index contributed by atoms with van der Waals surface area (Å²) < 4.78 is 4.58. The molecule has 1 aliphatic rings. The second-order valence-corrected chi connectivity index (χ2v) is 4.81. The van der Waals surface area contributed by atoms with Gasteiger partial charge in [-0.25, -0.2) is 9.59 Å². The Balaban J connectivity index is 2.39. The van der Waals surface area contributed by atoms with Crippen LogP contribution in [0.4, 0.5) is 5.69 Å². The van der Waals surface area contributed by atoms with E-state index in [0.717, 1.165) is 6.07 Å². The van der Waals surface area contributed by atoms with E-state index >= 15 is 0 Å². The van der Waals surface area contributed by atoms with Gasteiger partial charge in [0.2, 0.25) is 5.91 Å². The molecule has 1 aromatic rings. The summed E-state index contributed by atoms with van der Waals surface area (Å²) in [6, 6.07) is 3.41. The number of nitrogens with zero attached hydrogens (tertiary/aromatic N) is 1. The van der Waals surface area contributed by atoms with Crippen molar-refractivity contribution in [1.29, 1.82) is 0 Å². The second-order valence-electron chi connectivity index (χ2n) is 4.81. The SMILES string of the molecule is COC(=O)C1CC(=O)N(c2cc(C(=O)O)cc(C(=O)O)c2)C1. The van der Waals surface area contributed by atoms with Crippen molar-refractivity contribution in [2.75, 3.05) is 18.6 Å². The van der Waals surface area contributed by atoms with Crippen molar-refractivity contribution < 1.29 is 34.1 Å². The number of amides is 1. The van der Waals surface area contributed by atoms with Crippen molar-refractivity contribution in [2.45, 2.75) is 6.42 Å². The van der Waals surface area contributed by atoms with Gasteiger partial charge in [-0.05, 0) is 18.2 Å². The van der Waals surface area contributed by atoms with E-state index in [2.05, 4.69) is 4.74 Å². The number of carbonyl (C=O) groups excluding carboxylic acids is 2. The number of carboxylic acids is 2. The van der Waals surface area contributed by atoms with Gasteiger partial charge in [0.25, 0.3) is 0 Å². The zero-order chi connectivity index (χ0) is 16.4. The number of aromatic carboxylic acids is 2. The fourth-order valence-corrected chi connectivity index (χ4v) is 2.30. The molecule has 0 saturated carbocycles. The number of esters is 1. The molecule has 1 aromatic carbocycles. The van der Waals surface area contributed by atoms with Gasteiger partial charge >= 0.3 is 17.9 Å². The zero-order valence-electron chi connectivity index (χ0n) is 11.6. The molecular formula is C14H13NO7. The average molecular weight is 307 g/mol. The predicted octanol–water partition coefficient (Wildman–Crippen LogP) is 0.609. The molecule has 8 heteroatoms. The molecular weight excluding hydrogens is 294 g/mol. The quantitative estimate of drug-likeness (QED) is 0.781. The van der Waals surface area contributed by atoms with Gasteiger partial charge < -0.3 is 19.8 Å². The van der Waals surface area contributed by atoms with Gasteiger partial charge in [-0.15, -0.1) is 0 Å². The molecule has 0 aromatic heterocycles. The zero-order valence-corrected chi connectivity index (χ0v) is 11.6. The summed E-state index contributed by atoms with van der Waals surface area (Å²) in [5.74, 6) is -4.20. The van der Waals surface area contributed by atoms with Crippen LogP contribution in [0, 0.1) is 5.92 Å². The van der Waals surface area contributed by atoms with Crippen molar-refractivity contribution in [3.05, 3.63) is 29.3 Å². The molecule has 1 aliphatic heterocycles. The fourth-order valence-electron chi connectivity index (χ4n) is 2.30. The van der Waals surface area contributed by atoms with Crippen LogP contribution in [0.15, 0.2) is 18.2 Å². The van der Waals surface area contributed by atoms with E-state index in [0.29, 0.717) is 0 Å². The molecule has 0 spiro atoms. The molecule has 1 unspecified atom stereocenters. The number of anilines is 1. The monoisotopic (exact) mass is 307 g/mol. The molecule has 1 heterocycles. The van der Waals surface area contributed by atoms with Crippen LogP contribution in [0.25, 0.3) is 0 Å². The lowest BCUT2D eigenvalue weighted by Crippen LogP contribution is -2.26. The van der Waals surface area contributed by atoms with Crippen LogP contribution in [-0.4, -0.2) is 47.7 Å². The van der Waals surface area contributed by atoms with Crippen LogP contribution in [0.1, 0.15) is 27.1 Å². The minimum atomic E-state index is -1.31. The number of benzene rings is 1. The van der Waals surface area contributed by atoms with Crippen LogP contribution >= 0.6 is 0 Å². The summed E-state index contributed by atoms with van der Waals surface area (Å²) >= 11 is 0. The standard InChI is InChI=1S/C14H13NO7/c1-22-14(21)9-5-11(16)15(6-9)10-3-7(12(17)18)2-8(4-10)13(19)20/h2-4,9H,5-6H2,1H3,(H,17,18)(H,19,20). The van der Waals surface area contributed by atoms with Crippen LogP contribution < -0.4 is 4.90 Å². The first-order chi connectivity index (χ1) is 10.3. The Morgan fingerprint density at radius 2 is 1.68 bits per heavy atom. The van der Waals surface area contributed by atoms with Crippen molar-refractivity contribution >= 4 is 29.5 Å². The Hall–Kier alpha value is -2.90. The molecule has 0 radical (unpaired) electrons. The Morgan fingerprint density at radius 1 is 1.14 bits per heavy atom. The smallest absolute Gasteiger partial charge is 0.335 e. The normalized spacial score (nSPS) is 17.4. The first-order valence-corrected chi connectivity index (χ1v) is 6.33. The number of hydrogen-bond acceptors (Lipinski definition) is 5. The third-order valence-electron chi connectivity index (χ3n) is 3.38. The highest BCUT2D eigenvalue weighted by atomic mass is 16.5. The summed E-state index contributed by atoms with van der Waals surface area (Å²) in [7, 11) is 1.21. The minimum absolute atomic E-state index is 0.0215. The molecule has 116 valence electrons. The lowest BCUT2D eigenvalue weighted by atomic mass is 10.1. The summed E-state index contributed by atoms with van der Waals surface area (Å²) in [5.41, 5.74) is -0.359. The average Bonchev–Trinajstić information content (AvgIpc) is 2.87. The molecule has 1 atom stereocenters. The third kappa shape index (κ3) is 2.90. The highest BCUT2D eigenvalue weighted by Gasteiger charge is 2.36. The van der Waals surface area contributed by atoms with Gasteiger partial charge in [0, 0.05) is 18.7 Å². The van der Waals surface area contributed by atoms with E-state index in [1.165, 1.54) is 24.1 Å². The van der Waals surface area contributed by atoms with Gasteiger partial charge in [0.1, 0.15) is 0 Å². The summed E-state index contributed by atoms with van der Waals surface area (Å²) in [5, 5.41) is 18.1. The van der Waals surface area contributed by atoms with Gasteiger partial charge in [-0.3, -0.25) is 9.59 Å². The van der Waals surface area contributed by atoms with E-state index in [1.807, 2.05) is 0 Å². The maximum Gasteiger partial charge on any atom is 0.335 e. The number of carboxylic acid groups (broad SMARTS) is 2.